The van der Waals surface area contributed by atoms with E-state index in [4.69, 9.17) is 4.74 Å². The topological polar surface area (TPSA) is 26.3 Å². The molecule has 0 saturated heterocycles. The van der Waals surface area contributed by atoms with Crippen LogP contribution in [0.2, 0.25) is 0 Å². The molecule has 0 unspecified atom stereocenters. The number of carbonyl (C=O) groups is 1. The summed E-state index contributed by atoms with van der Waals surface area (Å²) in [5, 5.41) is 0. The minimum atomic E-state index is -0.137. The number of esters is 1. The Kier molecular flexibility index (Phi) is 4.63. The quantitative estimate of drug-likeness (QED) is 0.441. The minimum absolute atomic E-state index is 0.0440. The maximum atomic E-state index is 10.9. The fourth-order valence-electron chi connectivity index (χ4n) is 0.631. The van der Waals surface area contributed by atoms with Gasteiger partial charge in [-0.25, -0.2) is 0 Å². The lowest BCUT2D eigenvalue weighted by molar-refractivity contribution is -0.147. The van der Waals surface area contributed by atoms with Crippen LogP contribution in [0, 0.1) is 5.92 Å². The highest BCUT2D eigenvalue weighted by Crippen LogP contribution is 2.03. The van der Waals surface area contributed by atoms with Gasteiger partial charge in [0.05, 0.1) is 12.5 Å². The lowest BCUT2D eigenvalue weighted by Gasteiger charge is -2.06. The predicted molar refractivity (Wildman–Crippen MR) is 40.6 cm³/mol. The Bertz CT molecular complexity index is 118. The molecule has 0 aromatic heterocycles. The number of hydrogen-bond donors (Lipinski definition) is 0. The zero-order valence-electron chi connectivity index (χ0n) is 6.59. The van der Waals surface area contributed by atoms with Gasteiger partial charge < -0.3 is 4.74 Å². The molecule has 1 atom stereocenters. The van der Waals surface area contributed by atoms with Crippen LogP contribution in [-0.2, 0) is 9.53 Å². The van der Waals surface area contributed by atoms with E-state index in [2.05, 4.69) is 6.58 Å². The maximum Gasteiger partial charge on any atom is 0.308 e. The summed E-state index contributed by atoms with van der Waals surface area (Å²) in [6, 6.07) is 0. The molecule has 58 valence electrons. The van der Waals surface area contributed by atoms with Crippen molar-refractivity contribution >= 4 is 5.97 Å². The predicted octanol–water partition coefficient (Wildman–Crippen LogP) is 1.76. The molecule has 0 aromatic carbocycles. The van der Waals surface area contributed by atoms with E-state index in [-0.39, 0.29) is 11.9 Å². The third kappa shape index (κ3) is 3.28. The van der Waals surface area contributed by atoms with E-state index >= 15 is 0 Å². The van der Waals surface area contributed by atoms with Gasteiger partial charge in [0.2, 0.25) is 0 Å². The number of carbonyl (C=O) groups excluding carboxylic acids is 1. The molecule has 0 rings (SSSR count). The molecule has 0 N–H and O–H groups in total. The highest BCUT2D eigenvalue weighted by Gasteiger charge is 2.10. The van der Waals surface area contributed by atoms with Gasteiger partial charge in [0, 0.05) is 0 Å². The van der Waals surface area contributed by atoms with Crippen molar-refractivity contribution in [3.63, 3.8) is 0 Å². The Balaban J connectivity index is 3.58. The molecule has 0 saturated carbocycles. The van der Waals surface area contributed by atoms with E-state index in [1.807, 2.05) is 6.92 Å². The van der Waals surface area contributed by atoms with Crippen LogP contribution in [0.5, 0.6) is 0 Å². The fourth-order valence-corrected chi connectivity index (χ4v) is 0.631. The lowest BCUT2D eigenvalue weighted by Crippen LogP contribution is -2.13. The third-order valence-corrected chi connectivity index (χ3v) is 1.21. The van der Waals surface area contributed by atoms with E-state index in [9.17, 15) is 4.79 Å². The summed E-state index contributed by atoms with van der Waals surface area (Å²) < 4.78 is 4.77. The zero-order valence-corrected chi connectivity index (χ0v) is 6.59. The second-order valence-corrected chi connectivity index (χ2v) is 2.18. The molecule has 0 aliphatic heterocycles. The van der Waals surface area contributed by atoms with Crippen LogP contribution in [0.3, 0.4) is 0 Å². The van der Waals surface area contributed by atoms with Crippen molar-refractivity contribution in [3.8, 4) is 0 Å². The molecule has 10 heavy (non-hydrogen) atoms. The molecular formula is C8H14O2. The molecule has 0 spiro atoms. The minimum Gasteiger partial charge on any atom is -0.466 e. The molecule has 0 aliphatic rings. The summed E-state index contributed by atoms with van der Waals surface area (Å²) in [5.74, 6) is -0.181. The standard InChI is InChI=1S/C8H14O2/c1-4-6-7(3)8(9)10-5-2/h4,7H,1,5-6H2,2-3H3/t7-/m0/s1. The number of ether oxygens (including phenoxy) is 1. The summed E-state index contributed by atoms with van der Waals surface area (Å²) in [4.78, 5) is 10.9. The van der Waals surface area contributed by atoms with Gasteiger partial charge in [-0.05, 0) is 13.3 Å². The Morgan fingerprint density at radius 1 is 1.80 bits per heavy atom. The van der Waals surface area contributed by atoms with E-state index < -0.39 is 0 Å². The first-order chi connectivity index (χ1) is 4.72. The summed E-state index contributed by atoms with van der Waals surface area (Å²) in [6.45, 7) is 7.63. The normalized spacial score (nSPS) is 12.2. The van der Waals surface area contributed by atoms with Gasteiger partial charge in [-0.15, -0.1) is 6.58 Å². The van der Waals surface area contributed by atoms with Crippen LogP contribution in [0.25, 0.3) is 0 Å². The van der Waals surface area contributed by atoms with Crippen LogP contribution in [0.4, 0.5) is 0 Å². The number of rotatable bonds is 4. The molecule has 0 radical (unpaired) electrons. The highest BCUT2D eigenvalue weighted by atomic mass is 16.5. The van der Waals surface area contributed by atoms with Gasteiger partial charge in [0.15, 0.2) is 0 Å². The Morgan fingerprint density at radius 3 is 2.80 bits per heavy atom. The van der Waals surface area contributed by atoms with Crippen molar-refractivity contribution in [1.29, 1.82) is 0 Å². The first kappa shape index (κ1) is 9.21. The molecule has 0 aromatic rings. The van der Waals surface area contributed by atoms with Crippen molar-refractivity contribution in [2.24, 2.45) is 5.92 Å². The van der Waals surface area contributed by atoms with E-state index in [1.165, 1.54) is 0 Å². The van der Waals surface area contributed by atoms with E-state index in [0.717, 1.165) is 0 Å². The monoisotopic (exact) mass is 142 g/mol. The summed E-state index contributed by atoms with van der Waals surface area (Å²) in [5.41, 5.74) is 0. The van der Waals surface area contributed by atoms with Crippen molar-refractivity contribution in [3.05, 3.63) is 12.7 Å². The van der Waals surface area contributed by atoms with Gasteiger partial charge in [-0.3, -0.25) is 4.79 Å². The summed E-state index contributed by atoms with van der Waals surface area (Å²) >= 11 is 0. The lowest BCUT2D eigenvalue weighted by atomic mass is 10.1. The first-order valence-corrected chi connectivity index (χ1v) is 3.49. The van der Waals surface area contributed by atoms with Crippen molar-refractivity contribution in [2.45, 2.75) is 20.3 Å². The van der Waals surface area contributed by atoms with E-state index in [1.54, 1.807) is 13.0 Å². The van der Waals surface area contributed by atoms with Crippen molar-refractivity contribution in [1.82, 2.24) is 0 Å². The van der Waals surface area contributed by atoms with Crippen LogP contribution in [0.15, 0.2) is 12.7 Å². The molecule has 2 heteroatoms. The van der Waals surface area contributed by atoms with Gasteiger partial charge in [-0.1, -0.05) is 13.0 Å². The Hall–Kier alpha value is -0.790. The van der Waals surface area contributed by atoms with Gasteiger partial charge in [0.25, 0.3) is 0 Å². The maximum absolute atomic E-state index is 10.9. The van der Waals surface area contributed by atoms with Crippen LogP contribution >= 0.6 is 0 Å². The SMILES string of the molecule is C=CC[C@H](C)C(=O)OCC. The largest absolute Gasteiger partial charge is 0.466 e. The van der Waals surface area contributed by atoms with Gasteiger partial charge >= 0.3 is 5.97 Å². The molecule has 0 bridgehead atoms. The number of allylic oxidation sites excluding steroid dienone is 1. The second kappa shape index (κ2) is 5.03. The zero-order chi connectivity index (χ0) is 7.98. The van der Waals surface area contributed by atoms with Crippen LogP contribution in [-0.4, -0.2) is 12.6 Å². The first-order valence-electron chi connectivity index (χ1n) is 3.49. The number of hydrogen-bond acceptors (Lipinski definition) is 2. The molecule has 0 aliphatic carbocycles. The Labute approximate surface area is 61.9 Å². The second-order valence-electron chi connectivity index (χ2n) is 2.18. The third-order valence-electron chi connectivity index (χ3n) is 1.21. The molecule has 0 heterocycles. The summed E-state index contributed by atoms with van der Waals surface area (Å²) in [7, 11) is 0. The highest BCUT2D eigenvalue weighted by molar-refractivity contribution is 5.72. The smallest absolute Gasteiger partial charge is 0.308 e. The van der Waals surface area contributed by atoms with Crippen LogP contribution in [0.1, 0.15) is 20.3 Å². The van der Waals surface area contributed by atoms with Crippen molar-refractivity contribution in [2.75, 3.05) is 6.61 Å². The van der Waals surface area contributed by atoms with Gasteiger partial charge in [-0.2, -0.15) is 0 Å². The Morgan fingerprint density at radius 2 is 2.40 bits per heavy atom. The van der Waals surface area contributed by atoms with E-state index in [0.29, 0.717) is 13.0 Å². The molecule has 0 fully saturated rings. The summed E-state index contributed by atoms with van der Waals surface area (Å²) in [6.07, 6.45) is 2.42. The van der Waals surface area contributed by atoms with Crippen LogP contribution < -0.4 is 0 Å². The van der Waals surface area contributed by atoms with Crippen molar-refractivity contribution < 1.29 is 9.53 Å². The molecular weight excluding hydrogens is 128 g/mol. The molecule has 0 amide bonds. The molecule has 2 nitrogen and oxygen atoms in total. The fraction of sp³-hybridized carbons (Fsp3) is 0.625. The van der Waals surface area contributed by atoms with Gasteiger partial charge in [0.1, 0.15) is 0 Å². The average molecular weight is 142 g/mol. The average Bonchev–Trinajstić information content (AvgIpc) is 1.89.